The predicted molar refractivity (Wildman–Crippen MR) is 184 cm³/mol. The molecule has 0 fully saturated rings. The molecule has 1 aliphatic rings. The summed E-state index contributed by atoms with van der Waals surface area (Å²) in [5.74, 6) is 0.231. The maximum atomic E-state index is 12.6. The van der Waals surface area contributed by atoms with Crippen LogP contribution in [0, 0.1) is 11.3 Å². The van der Waals surface area contributed by atoms with E-state index in [0.29, 0.717) is 6.61 Å². The van der Waals surface area contributed by atoms with E-state index in [1.807, 2.05) is 0 Å². The fraction of sp³-hybridized carbons (Fsp3) is 0.571. The Morgan fingerprint density at radius 1 is 0.902 bits per heavy atom. The second-order valence-corrected chi connectivity index (χ2v) is 25.4. The van der Waals surface area contributed by atoms with Gasteiger partial charge in [-0.3, -0.25) is 0 Å². The number of carbonyl (C=O) groups excluding carboxylic acids is 1. The van der Waals surface area contributed by atoms with Gasteiger partial charge in [0.1, 0.15) is 6.29 Å². The summed E-state index contributed by atoms with van der Waals surface area (Å²) in [7, 11) is -4.47. The van der Waals surface area contributed by atoms with Crippen molar-refractivity contribution in [1.82, 2.24) is 0 Å². The van der Waals surface area contributed by atoms with Crippen molar-refractivity contribution < 1.29 is 13.6 Å². The predicted octanol–water partition coefficient (Wildman–Crippen LogP) is 8.67. The van der Waals surface area contributed by atoms with Crippen LogP contribution in [-0.2, 0) is 13.6 Å². The third-order valence-electron chi connectivity index (χ3n) is 9.86. The molecule has 0 saturated heterocycles. The van der Waals surface area contributed by atoms with Crippen molar-refractivity contribution in [3.63, 3.8) is 0 Å². The van der Waals surface area contributed by atoms with E-state index < -0.39 is 21.0 Å². The molecule has 3 atom stereocenters. The SMILES string of the molecule is C[C@H]1C[C@@](Br)(C=O)[C@@](C)(CCCO[Si](C)(C)C(C)(C)C)C=C1CO[Si](c1ccccc1)(c1ccccc1)C(C)(C)C. The van der Waals surface area contributed by atoms with Crippen LogP contribution < -0.4 is 10.4 Å². The van der Waals surface area contributed by atoms with Crippen molar-refractivity contribution in [1.29, 1.82) is 0 Å². The Labute approximate surface area is 260 Å². The number of aldehydes is 1. The first-order chi connectivity index (χ1) is 18.9. The number of rotatable bonds is 11. The maximum absolute atomic E-state index is 12.6. The van der Waals surface area contributed by atoms with Gasteiger partial charge in [-0.05, 0) is 64.3 Å². The Kier molecular flexibility index (Phi) is 10.6. The van der Waals surface area contributed by atoms with Gasteiger partial charge in [-0.2, -0.15) is 0 Å². The van der Waals surface area contributed by atoms with Crippen molar-refractivity contribution in [3.05, 3.63) is 72.3 Å². The third kappa shape index (κ3) is 7.09. The largest absolute Gasteiger partial charge is 0.417 e. The van der Waals surface area contributed by atoms with Crippen LogP contribution in [0.3, 0.4) is 0 Å². The van der Waals surface area contributed by atoms with Crippen molar-refractivity contribution in [2.24, 2.45) is 11.3 Å². The monoisotopic (exact) mass is 656 g/mol. The lowest BCUT2D eigenvalue weighted by Gasteiger charge is -2.47. The van der Waals surface area contributed by atoms with Gasteiger partial charge in [0, 0.05) is 12.0 Å². The third-order valence-corrected chi connectivity index (χ3v) is 20.8. The molecule has 0 spiro atoms. The molecule has 0 N–H and O–H groups in total. The van der Waals surface area contributed by atoms with Crippen LogP contribution in [0.25, 0.3) is 0 Å². The lowest BCUT2D eigenvalue weighted by Crippen LogP contribution is -2.66. The van der Waals surface area contributed by atoms with Crippen LogP contribution in [0.4, 0.5) is 0 Å². The summed E-state index contributed by atoms with van der Waals surface area (Å²) in [4.78, 5) is 12.6. The number of hydrogen-bond acceptors (Lipinski definition) is 3. The number of hydrogen-bond donors (Lipinski definition) is 0. The summed E-state index contributed by atoms with van der Waals surface area (Å²) in [6.07, 6.45) is 6.05. The smallest absolute Gasteiger partial charge is 0.261 e. The topological polar surface area (TPSA) is 35.5 Å². The summed E-state index contributed by atoms with van der Waals surface area (Å²) in [5, 5.41) is 2.68. The molecular weight excluding hydrogens is 604 g/mol. The minimum Gasteiger partial charge on any atom is -0.417 e. The van der Waals surface area contributed by atoms with Gasteiger partial charge < -0.3 is 13.6 Å². The van der Waals surface area contributed by atoms with Crippen molar-refractivity contribution in [2.75, 3.05) is 13.2 Å². The zero-order valence-corrected chi connectivity index (χ0v) is 30.7. The molecule has 0 aromatic heterocycles. The van der Waals surface area contributed by atoms with Crippen LogP contribution in [0.2, 0.25) is 23.2 Å². The highest BCUT2D eigenvalue weighted by atomic mass is 79.9. The van der Waals surface area contributed by atoms with Crippen molar-refractivity contribution in [3.8, 4) is 0 Å². The molecule has 2 aromatic rings. The Hall–Kier alpha value is -1.32. The summed E-state index contributed by atoms with van der Waals surface area (Å²) >= 11 is 3.93. The molecule has 0 unspecified atom stereocenters. The Bertz CT molecular complexity index is 1140. The average Bonchev–Trinajstić information content (AvgIpc) is 2.90. The minimum absolute atomic E-state index is 0.0828. The zero-order valence-electron chi connectivity index (χ0n) is 27.1. The quantitative estimate of drug-likeness (QED) is 0.0798. The number of allylic oxidation sites excluding steroid dienone is 1. The number of benzene rings is 2. The van der Waals surface area contributed by atoms with E-state index in [4.69, 9.17) is 8.85 Å². The van der Waals surface area contributed by atoms with Crippen LogP contribution in [0.1, 0.15) is 74.7 Å². The van der Waals surface area contributed by atoms with Crippen LogP contribution in [0.15, 0.2) is 72.3 Å². The van der Waals surface area contributed by atoms with E-state index in [1.165, 1.54) is 15.9 Å². The van der Waals surface area contributed by atoms with E-state index in [0.717, 1.165) is 32.2 Å². The van der Waals surface area contributed by atoms with Gasteiger partial charge in [-0.1, -0.05) is 138 Å². The Morgan fingerprint density at radius 2 is 1.41 bits per heavy atom. The summed E-state index contributed by atoms with van der Waals surface area (Å²) in [6, 6.07) is 21.6. The van der Waals surface area contributed by atoms with Gasteiger partial charge in [0.15, 0.2) is 8.32 Å². The van der Waals surface area contributed by atoms with Gasteiger partial charge in [-0.25, -0.2) is 0 Å². The molecule has 41 heavy (non-hydrogen) atoms. The van der Waals surface area contributed by atoms with Crippen LogP contribution >= 0.6 is 15.9 Å². The first kappa shape index (κ1) is 34.2. The highest BCUT2D eigenvalue weighted by molar-refractivity contribution is 9.10. The lowest BCUT2D eigenvalue weighted by molar-refractivity contribution is -0.112. The molecule has 0 amide bonds. The second kappa shape index (κ2) is 12.7. The summed E-state index contributed by atoms with van der Waals surface area (Å²) < 4.78 is 13.2. The fourth-order valence-electron chi connectivity index (χ4n) is 6.06. The van der Waals surface area contributed by atoms with E-state index in [9.17, 15) is 4.79 Å². The maximum Gasteiger partial charge on any atom is 0.261 e. The van der Waals surface area contributed by atoms with Gasteiger partial charge in [0.25, 0.3) is 8.32 Å². The first-order valence-electron chi connectivity index (χ1n) is 15.2. The molecule has 1 aliphatic carbocycles. The van der Waals surface area contributed by atoms with E-state index in [1.54, 1.807) is 0 Å². The Balaban J connectivity index is 1.95. The number of alkyl halides is 1. The van der Waals surface area contributed by atoms with Gasteiger partial charge in [0.05, 0.1) is 10.9 Å². The van der Waals surface area contributed by atoms with Crippen LogP contribution in [0.5, 0.6) is 0 Å². The molecule has 0 bridgehead atoms. The molecule has 2 aromatic carbocycles. The minimum atomic E-state index is -2.66. The molecule has 3 nitrogen and oxygen atoms in total. The standard InChI is InChI=1S/C35H53BrO3Si2/c1-28-24-35(36,27-37)34(8,22-17-23-38-40(9,10)32(2,3)4)25-29(28)26-39-41(33(5,6)7,30-18-13-11-14-19-30)31-20-15-12-16-21-31/h11-16,18-21,25,27-28H,17,22-24,26H2,1-10H3/t28-,34-,35+/m0/s1. The van der Waals surface area contributed by atoms with Crippen molar-refractivity contribution >= 4 is 49.2 Å². The van der Waals surface area contributed by atoms with Crippen molar-refractivity contribution in [2.45, 2.75) is 102 Å². The average molecular weight is 658 g/mol. The van der Waals surface area contributed by atoms with Crippen LogP contribution in [-0.4, -0.2) is 40.5 Å². The molecule has 0 radical (unpaired) electrons. The molecule has 3 rings (SSSR count). The van der Waals surface area contributed by atoms with E-state index >= 15 is 0 Å². The normalized spacial score (nSPS) is 24.2. The second-order valence-electron chi connectivity index (χ2n) is 14.9. The summed E-state index contributed by atoms with van der Waals surface area (Å²) in [5.41, 5.74) is 0.963. The first-order valence-corrected chi connectivity index (χ1v) is 20.8. The van der Waals surface area contributed by atoms with Gasteiger partial charge >= 0.3 is 0 Å². The number of carbonyl (C=O) groups is 1. The highest BCUT2D eigenvalue weighted by Gasteiger charge is 2.52. The summed E-state index contributed by atoms with van der Waals surface area (Å²) in [6.45, 7) is 24.2. The Morgan fingerprint density at radius 3 is 1.85 bits per heavy atom. The highest BCUT2D eigenvalue weighted by Crippen LogP contribution is 2.52. The zero-order chi connectivity index (χ0) is 30.7. The fourth-order valence-corrected chi connectivity index (χ4v) is 12.5. The molecule has 226 valence electrons. The number of halogens is 1. The lowest BCUT2D eigenvalue weighted by atomic mass is 9.65. The van der Waals surface area contributed by atoms with E-state index in [2.05, 4.69) is 151 Å². The molecular formula is C35H53BrO3Si2. The molecule has 0 saturated carbocycles. The van der Waals surface area contributed by atoms with Gasteiger partial charge in [0.2, 0.25) is 0 Å². The molecule has 0 heterocycles. The molecule has 6 heteroatoms. The molecule has 0 aliphatic heterocycles. The van der Waals surface area contributed by atoms with Gasteiger partial charge in [-0.15, -0.1) is 0 Å². The van der Waals surface area contributed by atoms with E-state index in [-0.39, 0.29) is 21.4 Å².